The Bertz CT molecular complexity index is 1100. The Balaban J connectivity index is 0.00000261. The minimum atomic E-state index is -4.86. The smallest absolute Gasteiger partial charge is 0.298 e. The fourth-order valence-electron chi connectivity index (χ4n) is 3.01. The van der Waals surface area contributed by atoms with E-state index in [-0.39, 0.29) is 57.6 Å². The van der Waals surface area contributed by atoms with Crippen molar-refractivity contribution in [3.63, 3.8) is 0 Å². The van der Waals surface area contributed by atoms with Crippen LogP contribution < -0.4 is 10.6 Å². The molecule has 0 heterocycles. The molecule has 27 heavy (non-hydrogen) atoms. The Labute approximate surface area is 176 Å². The van der Waals surface area contributed by atoms with Crippen molar-refractivity contribution >= 4 is 62.6 Å². The fraction of sp³-hybridized carbons (Fsp3) is 0.125. The van der Waals surface area contributed by atoms with Crippen molar-refractivity contribution in [1.82, 2.24) is 0 Å². The zero-order valence-electron chi connectivity index (χ0n) is 14.6. The number of hydrogen-bond donors (Lipinski definition) is 5. The van der Waals surface area contributed by atoms with Crippen LogP contribution >= 0.6 is 0 Å². The molecule has 0 aromatic heterocycles. The van der Waals surface area contributed by atoms with Gasteiger partial charge in [-0.2, -0.15) is 8.42 Å². The average Bonchev–Trinajstić information content (AvgIpc) is 2.57. The molecule has 0 fully saturated rings. The third-order valence-electron chi connectivity index (χ3n) is 4.17. The first kappa shape index (κ1) is 21.2. The van der Waals surface area contributed by atoms with Crippen LogP contribution in [0.3, 0.4) is 0 Å². The summed E-state index contributed by atoms with van der Waals surface area (Å²) in [5.74, 6) is -3.10. The first-order chi connectivity index (χ1) is 12.1. The van der Waals surface area contributed by atoms with Gasteiger partial charge in [-0.15, -0.1) is 0 Å². The third kappa shape index (κ3) is 3.09. The molecule has 0 amide bonds. The molecule has 11 heteroatoms. The van der Waals surface area contributed by atoms with E-state index in [0.29, 0.717) is 0 Å². The van der Waals surface area contributed by atoms with Crippen molar-refractivity contribution in [2.45, 2.75) is 4.90 Å². The van der Waals surface area contributed by atoms with Gasteiger partial charge in [0.25, 0.3) is 10.1 Å². The zero-order chi connectivity index (χ0) is 19.4. The van der Waals surface area contributed by atoms with Crippen LogP contribution in [0.5, 0.6) is 11.5 Å². The SMILES string of the molecule is CNc1ccc(O)c2c1C(=O)c1c(O)c(S(=O)(=O)O)cc(NC)c1C2=O.[Na]. The van der Waals surface area contributed by atoms with E-state index >= 15 is 0 Å². The van der Waals surface area contributed by atoms with Gasteiger partial charge in [-0.1, -0.05) is 0 Å². The van der Waals surface area contributed by atoms with Crippen LogP contribution in [0.1, 0.15) is 31.8 Å². The van der Waals surface area contributed by atoms with Crippen LogP contribution in [-0.2, 0) is 10.1 Å². The summed E-state index contributed by atoms with van der Waals surface area (Å²) in [7, 11) is -1.99. The Kier molecular flexibility index (Phi) is 5.60. The van der Waals surface area contributed by atoms with Crippen LogP contribution in [0.15, 0.2) is 23.1 Å². The summed E-state index contributed by atoms with van der Waals surface area (Å²) in [4.78, 5) is 25.0. The molecule has 0 saturated heterocycles. The first-order valence-corrected chi connectivity index (χ1v) is 8.75. The van der Waals surface area contributed by atoms with E-state index in [1.54, 1.807) is 0 Å². The number of carbonyl (C=O) groups is 2. The Morgan fingerprint density at radius 3 is 1.89 bits per heavy atom. The molecule has 2 aromatic rings. The van der Waals surface area contributed by atoms with Gasteiger partial charge in [-0.05, 0) is 18.2 Å². The second-order valence-corrected chi connectivity index (χ2v) is 6.93. The number of rotatable bonds is 3. The maximum atomic E-state index is 13.0. The molecule has 137 valence electrons. The molecule has 5 N–H and O–H groups in total. The molecule has 3 rings (SSSR count). The van der Waals surface area contributed by atoms with Gasteiger partial charge in [0.05, 0.1) is 22.3 Å². The van der Waals surface area contributed by atoms with Crippen LogP contribution in [0, 0.1) is 0 Å². The molecule has 0 bridgehead atoms. The standard InChI is InChI=1S/C16H14N2O7S.Na/c1-17-6-3-4-8(19)12-10(6)16(22)13-11(15(12)21)7(18-2)5-9(14(13)20)26(23,24)25;/h3-5,17-20H,1-2H3,(H,23,24,25);. The van der Waals surface area contributed by atoms with E-state index in [0.717, 1.165) is 6.07 Å². The second kappa shape index (κ2) is 7.13. The monoisotopic (exact) mass is 401 g/mol. The number of hydrogen-bond acceptors (Lipinski definition) is 8. The van der Waals surface area contributed by atoms with Gasteiger partial charge in [0.15, 0.2) is 0 Å². The fourth-order valence-corrected chi connectivity index (χ4v) is 3.63. The van der Waals surface area contributed by atoms with Crippen molar-refractivity contribution in [3.05, 3.63) is 40.5 Å². The quantitative estimate of drug-likeness (QED) is 0.244. The van der Waals surface area contributed by atoms with Crippen LogP contribution in [0.2, 0.25) is 0 Å². The number of phenolic OH excluding ortho intramolecular Hbond substituents is 2. The number of ketones is 2. The zero-order valence-corrected chi connectivity index (χ0v) is 17.4. The second-order valence-electron chi connectivity index (χ2n) is 5.54. The molecule has 0 saturated carbocycles. The summed E-state index contributed by atoms with van der Waals surface area (Å²) in [6.07, 6.45) is 0. The van der Waals surface area contributed by atoms with E-state index in [9.17, 15) is 32.8 Å². The summed E-state index contributed by atoms with van der Waals surface area (Å²) in [6.45, 7) is 0. The van der Waals surface area contributed by atoms with Gasteiger partial charge in [0.2, 0.25) is 11.6 Å². The molecule has 0 aliphatic heterocycles. The number of benzene rings is 2. The average molecular weight is 401 g/mol. The minimum absolute atomic E-state index is 0. The summed E-state index contributed by atoms with van der Waals surface area (Å²) in [6, 6.07) is 3.46. The first-order valence-electron chi connectivity index (χ1n) is 7.31. The van der Waals surface area contributed by atoms with Gasteiger partial charge >= 0.3 is 0 Å². The molecule has 0 atom stereocenters. The van der Waals surface area contributed by atoms with Gasteiger partial charge in [0.1, 0.15) is 16.4 Å². The van der Waals surface area contributed by atoms with E-state index in [2.05, 4.69) is 10.6 Å². The summed E-state index contributed by atoms with van der Waals surface area (Å²) in [5.41, 5.74) is -1.20. The molecule has 0 unspecified atom stereocenters. The van der Waals surface area contributed by atoms with Gasteiger partial charge in [-0.3, -0.25) is 14.1 Å². The van der Waals surface area contributed by atoms with Gasteiger partial charge in [0, 0.05) is 55.0 Å². The maximum absolute atomic E-state index is 13.0. The minimum Gasteiger partial charge on any atom is -0.507 e. The summed E-state index contributed by atoms with van der Waals surface area (Å²) in [5, 5.41) is 25.7. The largest absolute Gasteiger partial charge is 0.507 e. The van der Waals surface area contributed by atoms with E-state index in [1.165, 1.54) is 26.2 Å². The predicted octanol–water partition coefficient (Wildman–Crippen LogP) is 0.822. The van der Waals surface area contributed by atoms with Crippen molar-refractivity contribution in [1.29, 1.82) is 0 Å². The Morgan fingerprint density at radius 1 is 0.852 bits per heavy atom. The van der Waals surface area contributed by atoms with E-state index < -0.39 is 43.6 Å². The molecule has 1 aliphatic carbocycles. The molecule has 1 aliphatic rings. The number of phenols is 2. The Morgan fingerprint density at radius 2 is 1.37 bits per heavy atom. The Hall–Kier alpha value is -2.11. The van der Waals surface area contributed by atoms with Crippen molar-refractivity contribution in [2.75, 3.05) is 24.7 Å². The maximum Gasteiger partial charge on any atom is 0.298 e. The normalized spacial score (nSPS) is 12.7. The number of anilines is 2. The number of aromatic hydroxyl groups is 2. The van der Waals surface area contributed by atoms with Gasteiger partial charge < -0.3 is 20.8 Å². The molecular formula is C16H14N2NaO7S. The van der Waals surface area contributed by atoms with Crippen molar-refractivity contribution in [3.8, 4) is 11.5 Å². The number of nitrogens with one attached hydrogen (secondary N) is 2. The molecule has 1 radical (unpaired) electrons. The van der Waals surface area contributed by atoms with E-state index in [4.69, 9.17) is 0 Å². The molecule has 9 nitrogen and oxygen atoms in total. The summed E-state index contributed by atoms with van der Waals surface area (Å²) >= 11 is 0. The predicted molar refractivity (Wildman–Crippen MR) is 97.7 cm³/mol. The van der Waals surface area contributed by atoms with Crippen LogP contribution in [-0.4, -0.2) is 78.4 Å². The number of fused-ring (bicyclic) bond motifs is 2. The van der Waals surface area contributed by atoms with E-state index in [1.807, 2.05) is 0 Å². The van der Waals surface area contributed by atoms with Crippen LogP contribution in [0.4, 0.5) is 11.4 Å². The van der Waals surface area contributed by atoms with Crippen molar-refractivity contribution in [2.24, 2.45) is 0 Å². The number of carbonyl (C=O) groups excluding carboxylic acids is 2. The molecule has 0 spiro atoms. The third-order valence-corrected chi connectivity index (χ3v) is 5.04. The molecular weight excluding hydrogens is 387 g/mol. The molecule has 2 aromatic carbocycles. The van der Waals surface area contributed by atoms with Crippen LogP contribution in [0.25, 0.3) is 0 Å². The van der Waals surface area contributed by atoms with Crippen molar-refractivity contribution < 1.29 is 32.8 Å². The topological polar surface area (TPSA) is 153 Å². The van der Waals surface area contributed by atoms with Gasteiger partial charge in [-0.25, -0.2) is 0 Å². The summed E-state index contributed by atoms with van der Waals surface area (Å²) < 4.78 is 32.4.